The zero-order chi connectivity index (χ0) is 23.2. The minimum Gasteiger partial charge on any atom is -0.392 e. The minimum absolute atomic E-state index is 0.0161. The van der Waals surface area contributed by atoms with Crippen LogP contribution in [0.15, 0.2) is 36.4 Å². The molecule has 170 valence electrons. The number of aliphatic hydroxyl groups excluding tert-OH is 1. The Morgan fingerprint density at radius 1 is 1.03 bits per heavy atom. The quantitative estimate of drug-likeness (QED) is 0.696. The third kappa shape index (κ3) is 3.97. The summed E-state index contributed by atoms with van der Waals surface area (Å²) >= 11 is 0. The van der Waals surface area contributed by atoms with Crippen molar-refractivity contribution in [3.63, 3.8) is 0 Å². The van der Waals surface area contributed by atoms with Crippen molar-refractivity contribution in [3.8, 4) is 0 Å². The van der Waals surface area contributed by atoms with E-state index in [9.17, 15) is 23.5 Å². The maximum Gasteiger partial charge on any atom is 0.352 e. The molecule has 2 aromatic carbocycles. The van der Waals surface area contributed by atoms with Gasteiger partial charge in [-0.05, 0) is 61.7 Å². The fourth-order valence-corrected chi connectivity index (χ4v) is 4.51. The van der Waals surface area contributed by atoms with Crippen LogP contribution in [-0.4, -0.2) is 41.0 Å². The van der Waals surface area contributed by atoms with Gasteiger partial charge >= 0.3 is 5.92 Å². The first-order valence-corrected chi connectivity index (χ1v) is 10.3. The van der Waals surface area contributed by atoms with Crippen LogP contribution in [0.4, 0.5) is 23.2 Å². The number of piperidine rings is 1. The molecule has 1 unspecified atom stereocenters. The molecule has 32 heavy (non-hydrogen) atoms. The lowest BCUT2D eigenvalue weighted by Crippen LogP contribution is -2.51. The van der Waals surface area contributed by atoms with Crippen LogP contribution >= 0.6 is 0 Å². The first-order chi connectivity index (χ1) is 15.1. The number of anilines is 1. The third-order valence-electron chi connectivity index (χ3n) is 6.32. The molecule has 1 aliphatic carbocycles. The highest BCUT2D eigenvalue weighted by molar-refractivity contribution is 6.04. The number of hydrogen-bond acceptors (Lipinski definition) is 3. The van der Waals surface area contributed by atoms with Crippen molar-refractivity contribution >= 4 is 17.5 Å². The summed E-state index contributed by atoms with van der Waals surface area (Å²) < 4.78 is 57.9. The van der Waals surface area contributed by atoms with Crippen molar-refractivity contribution in [1.29, 1.82) is 0 Å². The average molecular weight is 450 g/mol. The van der Waals surface area contributed by atoms with Gasteiger partial charge in [0.25, 0.3) is 11.8 Å². The summed E-state index contributed by atoms with van der Waals surface area (Å²) in [5.74, 6) is -8.86. The summed E-state index contributed by atoms with van der Waals surface area (Å²) in [6.45, 7) is 1.47. The number of carbonyl (C=O) groups excluding carboxylic acids is 2. The maximum atomic E-state index is 15.1. The lowest BCUT2D eigenvalue weighted by Gasteiger charge is -2.37. The molecule has 2 bridgehead atoms. The molecule has 0 spiro atoms. The van der Waals surface area contributed by atoms with Gasteiger partial charge in [0.1, 0.15) is 11.6 Å². The van der Waals surface area contributed by atoms with Gasteiger partial charge in [0.15, 0.2) is 0 Å². The summed E-state index contributed by atoms with van der Waals surface area (Å²) in [5, 5.41) is 12.5. The van der Waals surface area contributed by atoms with Crippen molar-refractivity contribution in [2.45, 2.75) is 31.8 Å². The van der Waals surface area contributed by atoms with Crippen LogP contribution in [0.25, 0.3) is 0 Å². The molecule has 2 N–H and O–H groups in total. The van der Waals surface area contributed by atoms with Crippen LogP contribution in [0, 0.1) is 30.4 Å². The fourth-order valence-electron chi connectivity index (χ4n) is 4.51. The number of rotatable bonds is 4. The van der Waals surface area contributed by atoms with E-state index in [1.807, 2.05) is 0 Å². The van der Waals surface area contributed by atoms with Gasteiger partial charge in [-0.25, -0.2) is 8.78 Å². The van der Waals surface area contributed by atoms with E-state index in [1.165, 1.54) is 19.1 Å². The number of hydrogen-bond donors (Lipinski definition) is 2. The Bertz CT molecular complexity index is 1060. The number of amides is 2. The number of halogens is 4. The van der Waals surface area contributed by atoms with Gasteiger partial charge in [-0.2, -0.15) is 8.78 Å². The van der Waals surface area contributed by atoms with Crippen LogP contribution in [0.3, 0.4) is 0 Å². The van der Waals surface area contributed by atoms with Gasteiger partial charge in [0.05, 0.1) is 11.7 Å². The number of likely N-dealkylation sites (tertiary alicyclic amines) is 1. The highest BCUT2D eigenvalue weighted by atomic mass is 19.3. The number of aryl methyl sites for hydroxylation is 1. The second kappa shape index (κ2) is 8.20. The molecule has 2 amide bonds. The Labute approximate surface area is 182 Å². The Kier molecular flexibility index (Phi) is 5.70. The Morgan fingerprint density at radius 2 is 1.66 bits per heavy atom. The maximum absolute atomic E-state index is 15.1. The van der Waals surface area contributed by atoms with Crippen LogP contribution in [0.5, 0.6) is 0 Å². The van der Waals surface area contributed by atoms with Gasteiger partial charge in [-0.15, -0.1) is 0 Å². The molecule has 1 aliphatic heterocycles. The Balaban J connectivity index is 1.56. The predicted octanol–water partition coefficient (Wildman–Crippen LogP) is 3.85. The third-order valence-corrected chi connectivity index (χ3v) is 6.32. The van der Waals surface area contributed by atoms with E-state index in [1.54, 1.807) is 0 Å². The zero-order valence-electron chi connectivity index (χ0n) is 17.2. The van der Waals surface area contributed by atoms with Gasteiger partial charge in [0.2, 0.25) is 0 Å². The Morgan fingerprint density at radius 3 is 2.28 bits per heavy atom. The second-order valence-electron chi connectivity index (χ2n) is 8.49. The van der Waals surface area contributed by atoms with E-state index < -0.39 is 41.0 Å². The molecule has 1 saturated carbocycles. The van der Waals surface area contributed by atoms with Gasteiger partial charge in [-0.1, -0.05) is 0 Å². The molecule has 4 rings (SSSR count). The van der Waals surface area contributed by atoms with Crippen molar-refractivity contribution in [3.05, 3.63) is 64.7 Å². The summed E-state index contributed by atoms with van der Waals surface area (Å²) in [4.78, 5) is 26.1. The molecule has 2 fully saturated rings. The number of carbonyl (C=O) groups is 2. The second-order valence-corrected chi connectivity index (χ2v) is 8.49. The van der Waals surface area contributed by atoms with Crippen LogP contribution in [0.2, 0.25) is 0 Å². The molecule has 5 nitrogen and oxygen atoms in total. The molecular weight excluding hydrogens is 428 g/mol. The van der Waals surface area contributed by atoms with Gasteiger partial charge < -0.3 is 15.3 Å². The van der Waals surface area contributed by atoms with Crippen molar-refractivity contribution in [2.75, 3.05) is 18.4 Å². The highest BCUT2D eigenvalue weighted by Crippen LogP contribution is 2.40. The average Bonchev–Trinajstić information content (AvgIpc) is 2.96. The molecule has 3 atom stereocenters. The van der Waals surface area contributed by atoms with E-state index in [4.69, 9.17) is 0 Å². The number of nitrogens with one attached hydrogen (secondary N) is 1. The number of nitrogens with zero attached hydrogens (tertiary/aromatic N) is 1. The Hall–Kier alpha value is -2.94. The summed E-state index contributed by atoms with van der Waals surface area (Å²) in [6.07, 6.45) is 0.675. The van der Waals surface area contributed by atoms with Crippen LogP contribution in [0.1, 0.15) is 34.3 Å². The molecule has 0 radical (unpaired) electrons. The van der Waals surface area contributed by atoms with Crippen molar-refractivity contribution in [1.82, 2.24) is 4.90 Å². The molecule has 9 heteroatoms. The number of aliphatic hydroxyl groups is 1. The zero-order valence-corrected chi connectivity index (χ0v) is 17.2. The highest BCUT2D eigenvalue weighted by Gasteiger charge is 2.50. The minimum atomic E-state index is -4.19. The molecule has 1 heterocycles. The van der Waals surface area contributed by atoms with Crippen molar-refractivity contribution in [2.24, 2.45) is 11.8 Å². The van der Waals surface area contributed by atoms with E-state index in [2.05, 4.69) is 5.32 Å². The lowest BCUT2D eigenvalue weighted by atomic mass is 9.94. The predicted molar refractivity (Wildman–Crippen MR) is 108 cm³/mol. The van der Waals surface area contributed by atoms with E-state index in [0.717, 1.165) is 17.0 Å². The number of alkyl halides is 2. The van der Waals surface area contributed by atoms with E-state index in [-0.39, 0.29) is 41.7 Å². The van der Waals surface area contributed by atoms with Gasteiger partial charge in [-0.3, -0.25) is 9.59 Å². The van der Waals surface area contributed by atoms with E-state index in [0.29, 0.717) is 25.0 Å². The molecular formula is C23H22F4N2O3. The lowest BCUT2D eigenvalue weighted by molar-refractivity contribution is -0.163. The normalized spacial score (nSPS) is 22.7. The first kappa shape index (κ1) is 22.3. The summed E-state index contributed by atoms with van der Waals surface area (Å²) in [6, 6.07) is 6.23. The summed E-state index contributed by atoms with van der Waals surface area (Å²) in [7, 11) is 0. The first-order valence-electron chi connectivity index (χ1n) is 10.3. The number of fused-ring (bicyclic) bond motifs is 2. The topological polar surface area (TPSA) is 69.6 Å². The largest absolute Gasteiger partial charge is 0.392 e. The van der Waals surface area contributed by atoms with Gasteiger partial charge in [0, 0.05) is 36.2 Å². The fraction of sp³-hybridized carbons (Fsp3) is 0.391. The number of benzene rings is 2. The molecule has 2 aromatic rings. The smallest absolute Gasteiger partial charge is 0.352 e. The molecule has 1 saturated heterocycles. The standard InChI is InChI=1S/C23H22F4N2O3/c1-12-8-16(5-7-18(12)24)28-21(31)13-4-6-19(25)17(9-13)23(26,27)22(32)29-10-14-2-3-15(11-29)20(14)30/h4-9,14-15,20,30H,2-3,10-11H2,1H3,(H,28,31)/t14-,15+,20?. The van der Waals surface area contributed by atoms with Crippen LogP contribution < -0.4 is 5.32 Å². The monoisotopic (exact) mass is 450 g/mol. The van der Waals surface area contributed by atoms with Crippen LogP contribution in [-0.2, 0) is 10.7 Å². The summed E-state index contributed by atoms with van der Waals surface area (Å²) in [5.41, 5.74) is -0.945. The molecule has 2 aliphatic rings. The molecule has 0 aromatic heterocycles. The SMILES string of the molecule is Cc1cc(NC(=O)c2ccc(F)c(C(F)(F)C(=O)N3C[C@H]4CC[C@@H](C3)C4O)c2)ccc1F. The van der Waals surface area contributed by atoms with Crippen molar-refractivity contribution < 1.29 is 32.3 Å². The van der Waals surface area contributed by atoms with E-state index >= 15 is 8.78 Å².